The van der Waals surface area contributed by atoms with Crippen molar-refractivity contribution in [3.05, 3.63) is 36.5 Å². The van der Waals surface area contributed by atoms with Crippen LogP contribution >= 0.6 is 7.82 Å². The molecule has 0 spiro atoms. The summed E-state index contributed by atoms with van der Waals surface area (Å²) in [4.78, 5) is 23.1. The fourth-order valence-corrected chi connectivity index (χ4v) is 7.51. The number of unbranched alkanes of at least 4 members (excludes halogenated alkanes) is 26. The molecule has 0 aliphatic rings. The van der Waals surface area contributed by atoms with Crippen LogP contribution in [0.2, 0.25) is 0 Å². The summed E-state index contributed by atoms with van der Waals surface area (Å²) in [5, 5.41) is 13.8. The minimum atomic E-state index is -4.35. The minimum absolute atomic E-state index is 0.0547. The lowest BCUT2D eigenvalue weighted by Crippen LogP contribution is -2.45. The Labute approximate surface area is 353 Å². The maximum absolute atomic E-state index is 12.9. The highest BCUT2D eigenvalue weighted by atomic mass is 31.2. The van der Waals surface area contributed by atoms with Gasteiger partial charge in [0.25, 0.3) is 0 Å². The highest BCUT2D eigenvalue weighted by Crippen LogP contribution is 2.43. The smallest absolute Gasteiger partial charge is 0.387 e. The van der Waals surface area contributed by atoms with Crippen molar-refractivity contribution in [3.8, 4) is 0 Å². The third-order valence-electron chi connectivity index (χ3n) is 10.6. The molecule has 9 heteroatoms. The molecule has 0 fully saturated rings. The van der Waals surface area contributed by atoms with Gasteiger partial charge in [-0.15, -0.1) is 0 Å². The zero-order chi connectivity index (χ0) is 42.1. The zero-order valence-corrected chi connectivity index (χ0v) is 39.0. The van der Waals surface area contributed by atoms with Gasteiger partial charge in [0.15, 0.2) is 0 Å². The molecular formula is C48H94N2O6P+. The van der Waals surface area contributed by atoms with E-state index in [0.29, 0.717) is 17.4 Å². The first-order valence-electron chi connectivity index (χ1n) is 23.9. The number of allylic oxidation sites excluding steroid dienone is 5. The molecule has 0 aromatic carbocycles. The second-order valence-electron chi connectivity index (χ2n) is 17.5. The molecule has 0 heterocycles. The molecule has 0 rings (SSSR count). The van der Waals surface area contributed by atoms with Crippen LogP contribution in [0.25, 0.3) is 0 Å². The Morgan fingerprint density at radius 3 is 1.40 bits per heavy atom. The highest BCUT2D eigenvalue weighted by molar-refractivity contribution is 7.47. The van der Waals surface area contributed by atoms with Gasteiger partial charge in [-0.3, -0.25) is 13.8 Å². The van der Waals surface area contributed by atoms with E-state index in [-0.39, 0.29) is 19.1 Å². The van der Waals surface area contributed by atoms with E-state index in [9.17, 15) is 19.4 Å². The van der Waals surface area contributed by atoms with Gasteiger partial charge in [-0.1, -0.05) is 198 Å². The van der Waals surface area contributed by atoms with Crippen LogP contribution in [-0.4, -0.2) is 73.4 Å². The topological polar surface area (TPSA) is 105 Å². The highest BCUT2D eigenvalue weighted by Gasteiger charge is 2.27. The van der Waals surface area contributed by atoms with Crippen LogP contribution in [0.3, 0.4) is 0 Å². The van der Waals surface area contributed by atoms with Gasteiger partial charge in [0, 0.05) is 6.42 Å². The Balaban J connectivity index is 4.34. The summed E-state index contributed by atoms with van der Waals surface area (Å²) in [6, 6.07) is -0.865. The molecule has 57 heavy (non-hydrogen) atoms. The van der Waals surface area contributed by atoms with E-state index in [0.717, 1.165) is 44.9 Å². The van der Waals surface area contributed by atoms with E-state index < -0.39 is 20.0 Å². The van der Waals surface area contributed by atoms with Crippen molar-refractivity contribution in [1.29, 1.82) is 0 Å². The van der Waals surface area contributed by atoms with E-state index in [1.54, 1.807) is 6.08 Å². The molecule has 3 atom stereocenters. The summed E-state index contributed by atoms with van der Waals surface area (Å²) < 4.78 is 23.6. The third kappa shape index (κ3) is 42.6. The fourth-order valence-electron chi connectivity index (χ4n) is 6.78. The molecule has 0 saturated heterocycles. The molecular weight excluding hydrogens is 732 g/mol. The van der Waals surface area contributed by atoms with Gasteiger partial charge in [0.1, 0.15) is 13.2 Å². The summed E-state index contributed by atoms with van der Waals surface area (Å²) >= 11 is 0. The number of phosphoric acid groups is 1. The second-order valence-corrected chi connectivity index (χ2v) is 18.9. The molecule has 1 amide bonds. The summed E-state index contributed by atoms with van der Waals surface area (Å²) in [6.45, 7) is 4.77. The van der Waals surface area contributed by atoms with Gasteiger partial charge in [0.05, 0.1) is 39.9 Å². The Morgan fingerprint density at radius 1 is 0.579 bits per heavy atom. The van der Waals surface area contributed by atoms with Gasteiger partial charge < -0.3 is 19.8 Å². The number of nitrogens with one attached hydrogen (secondary N) is 1. The monoisotopic (exact) mass is 826 g/mol. The Bertz CT molecular complexity index is 1030. The lowest BCUT2D eigenvalue weighted by atomic mass is 10.0. The zero-order valence-electron chi connectivity index (χ0n) is 38.1. The third-order valence-corrected chi connectivity index (χ3v) is 11.6. The van der Waals surface area contributed by atoms with Crippen LogP contribution in [0.5, 0.6) is 0 Å². The summed E-state index contributed by atoms with van der Waals surface area (Å²) in [5.41, 5.74) is 0. The van der Waals surface area contributed by atoms with Crippen molar-refractivity contribution in [2.45, 2.75) is 225 Å². The Kier molecular flexibility index (Phi) is 39.2. The van der Waals surface area contributed by atoms with Crippen molar-refractivity contribution in [2.75, 3.05) is 40.9 Å². The number of nitrogens with zero attached hydrogens (tertiary/aromatic N) is 1. The second kappa shape index (κ2) is 40.1. The average Bonchev–Trinajstić information content (AvgIpc) is 3.16. The summed E-state index contributed by atoms with van der Waals surface area (Å²) in [7, 11) is 1.55. The fraction of sp³-hybridized carbons (Fsp3) is 0.854. The molecule has 0 saturated carbocycles. The van der Waals surface area contributed by atoms with Crippen molar-refractivity contribution >= 4 is 13.7 Å². The van der Waals surface area contributed by atoms with Crippen LogP contribution in [0.15, 0.2) is 36.5 Å². The van der Waals surface area contributed by atoms with E-state index in [4.69, 9.17) is 9.05 Å². The lowest BCUT2D eigenvalue weighted by molar-refractivity contribution is -0.870. The first kappa shape index (κ1) is 55.7. The number of aliphatic hydroxyl groups is 1. The van der Waals surface area contributed by atoms with E-state index in [2.05, 4.69) is 43.5 Å². The average molecular weight is 826 g/mol. The molecule has 3 N–H and O–H groups in total. The molecule has 336 valence electrons. The molecule has 0 aliphatic carbocycles. The number of hydrogen-bond donors (Lipinski definition) is 3. The molecule has 3 unspecified atom stereocenters. The van der Waals surface area contributed by atoms with Gasteiger partial charge in [-0.05, 0) is 44.9 Å². The van der Waals surface area contributed by atoms with Crippen LogP contribution in [0.1, 0.15) is 213 Å². The number of hydrogen-bond acceptors (Lipinski definition) is 5. The van der Waals surface area contributed by atoms with E-state index in [1.165, 1.54) is 148 Å². The predicted octanol–water partition coefficient (Wildman–Crippen LogP) is 13.5. The van der Waals surface area contributed by atoms with Crippen LogP contribution < -0.4 is 5.32 Å². The number of carbonyl (C=O) groups is 1. The lowest BCUT2D eigenvalue weighted by Gasteiger charge is -2.25. The van der Waals surface area contributed by atoms with Crippen LogP contribution in [0, 0.1) is 0 Å². The maximum atomic E-state index is 12.9. The van der Waals surface area contributed by atoms with Gasteiger partial charge in [-0.2, -0.15) is 0 Å². The number of rotatable bonds is 43. The summed E-state index contributed by atoms with van der Waals surface area (Å²) in [5.74, 6) is -0.189. The standard InChI is InChI=1S/C48H93N2O6P/c1-6-8-10-12-14-16-18-20-22-23-24-25-26-27-28-30-32-34-36-38-40-42-48(52)49-46(45-56-57(53,54)55-44-43-50(3,4)5)47(51)41-39-37-35-33-31-29-21-19-17-15-13-11-9-7-2/h17,19,31,33,39,41,46-47,51H,6-16,18,20-30,32,34-38,40,42-45H2,1-5H3,(H-,49,52,53,54)/p+1/b19-17+,33-31+,41-39+. The maximum Gasteiger partial charge on any atom is 0.472 e. The molecule has 0 radical (unpaired) electrons. The number of aliphatic hydroxyl groups excluding tert-OH is 1. The Morgan fingerprint density at radius 2 is 0.965 bits per heavy atom. The predicted molar refractivity (Wildman–Crippen MR) is 244 cm³/mol. The molecule has 8 nitrogen and oxygen atoms in total. The number of likely N-dealkylation sites (N-methyl/N-ethyl adjacent to an activating group) is 1. The van der Waals surface area contributed by atoms with Crippen LogP contribution in [-0.2, 0) is 18.4 Å². The normalized spacial score (nSPS) is 14.6. The van der Waals surface area contributed by atoms with Crippen molar-refractivity contribution in [3.63, 3.8) is 0 Å². The van der Waals surface area contributed by atoms with Gasteiger partial charge >= 0.3 is 7.82 Å². The molecule has 0 bridgehead atoms. The number of quaternary nitrogens is 1. The molecule has 0 aliphatic heterocycles. The number of carbonyl (C=O) groups excluding carboxylic acids is 1. The quantitative estimate of drug-likeness (QED) is 0.0245. The molecule has 0 aromatic heterocycles. The van der Waals surface area contributed by atoms with Gasteiger partial charge in [-0.25, -0.2) is 4.57 Å². The van der Waals surface area contributed by atoms with E-state index in [1.807, 2.05) is 27.2 Å². The molecule has 0 aromatic rings. The Hall–Kier alpha value is -1.28. The SMILES string of the molecule is CCCCCC/C=C/CC/C=C/CC/C=C/C(O)C(COP(=O)(O)OCC[N+](C)(C)C)NC(=O)CCCCCCCCCCCCCCCCCCCCCCC. The number of amides is 1. The minimum Gasteiger partial charge on any atom is -0.387 e. The first-order valence-corrected chi connectivity index (χ1v) is 25.4. The summed E-state index contributed by atoms with van der Waals surface area (Å²) in [6.07, 6.45) is 49.4. The largest absolute Gasteiger partial charge is 0.472 e. The van der Waals surface area contributed by atoms with Crippen molar-refractivity contribution in [1.82, 2.24) is 5.32 Å². The first-order chi connectivity index (χ1) is 27.5. The van der Waals surface area contributed by atoms with Crippen LogP contribution in [0.4, 0.5) is 0 Å². The number of phosphoric ester groups is 1. The van der Waals surface area contributed by atoms with Crippen molar-refractivity contribution in [2.24, 2.45) is 0 Å². The van der Waals surface area contributed by atoms with E-state index >= 15 is 0 Å². The van der Waals surface area contributed by atoms with Gasteiger partial charge in [0.2, 0.25) is 5.91 Å². The van der Waals surface area contributed by atoms with Crippen molar-refractivity contribution < 1.29 is 32.9 Å².